The van der Waals surface area contributed by atoms with Crippen molar-refractivity contribution in [3.05, 3.63) is 71.8 Å². The molecular formula is C24H31N3O2. The van der Waals surface area contributed by atoms with Crippen LogP contribution in [0.15, 0.2) is 60.7 Å². The SMILES string of the molecule is COc1ccc(/C(C)=C/C(=O)NCC(c2ccccc2)N2CCN(C)CC2)cc1. The van der Waals surface area contributed by atoms with Gasteiger partial charge in [0.2, 0.25) is 5.91 Å². The first kappa shape index (κ1) is 21.1. The molecule has 1 amide bonds. The fraction of sp³-hybridized carbons (Fsp3) is 0.375. The van der Waals surface area contributed by atoms with Crippen LogP contribution in [0.3, 0.4) is 0 Å². The van der Waals surface area contributed by atoms with Gasteiger partial charge in [-0.05, 0) is 42.8 Å². The van der Waals surface area contributed by atoms with E-state index in [4.69, 9.17) is 4.74 Å². The Hall–Kier alpha value is -2.63. The fourth-order valence-corrected chi connectivity index (χ4v) is 3.65. The molecule has 0 saturated carbocycles. The summed E-state index contributed by atoms with van der Waals surface area (Å²) in [6.07, 6.45) is 1.67. The minimum Gasteiger partial charge on any atom is -0.497 e. The van der Waals surface area contributed by atoms with Gasteiger partial charge in [0.25, 0.3) is 0 Å². The van der Waals surface area contributed by atoms with Crippen LogP contribution in [-0.2, 0) is 4.79 Å². The highest BCUT2D eigenvalue weighted by Gasteiger charge is 2.24. The van der Waals surface area contributed by atoms with E-state index < -0.39 is 0 Å². The third kappa shape index (κ3) is 5.92. The number of carbonyl (C=O) groups is 1. The predicted molar refractivity (Wildman–Crippen MR) is 118 cm³/mol. The topological polar surface area (TPSA) is 44.8 Å². The van der Waals surface area contributed by atoms with Crippen LogP contribution < -0.4 is 10.1 Å². The molecule has 5 heteroatoms. The van der Waals surface area contributed by atoms with Gasteiger partial charge in [0.05, 0.1) is 13.2 Å². The lowest BCUT2D eigenvalue weighted by atomic mass is 10.0. The first-order valence-electron chi connectivity index (χ1n) is 10.1. The molecule has 0 radical (unpaired) electrons. The molecule has 154 valence electrons. The highest BCUT2D eigenvalue weighted by molar-refractivity contribution is 5.94. The van der Waals surface area contributed by atoms with E-state index in [0.29, 0.717) is 6.54 Å². The van der Waals surface area contributed by atoms with Crippen molar-refractivity contribution in [1.82, 2.24) is 15.1 Å². The number of methoxy groups -OCH3 is 1. The zero-order valence-corrected chi connectivity index (χ0v) is 17.6. The van der Waals surface area contributed by atoms with E-state index >= 15 is 0 Å². The number of ether oxygens (including phenoxy) is 1. The third-order valence-electron chi connectivity index (χ3n) is 5.53. The van der Waals surface area contributed by atoms with Crippen LogP contribution in [0.2, 0.25) is 0 Å². The maximum atomic E-state index is 12.6. The summed E-state index contributed by atoms with van der Waals surface area (Å²) in [4.78, 5) is 17.4. The first-order valence-corrected chi connectivity index (χ1v) is 10.1. The Labute approximate surface area is 174 Å². The average molecular weight is 394 g/mol. The van der Waals surface area contributed by atoms with Crippen molar-refractivity contribution in [1.29, 1.82) is 0 Å². The average Bonchev–Trinajstić information content (AvgIpc) is 2.76. The van der Waals surface area contributed by atoms with Gasteiger partial charge >= 0.3 is 0 Å². The molecule has 2 aromatic rings. The Morgan fingerprint density at radius 1 is 1.07 bits per heavy atom. The van der Waals surface area contributed by atoms with E-state index in [1.54, 1.807) is 13.2 Å². The van der Waals surface area contributed by atoms with Gasteiger partial charge in [-0.15, -0.1) is 0 Å². The van der Waals surface area contributed by atoms with Crippen molar-refractivity contribution >= 4 is 11.5 Å². The van der Waals surface area contributed by atoms with Crippen LogP contribution in [-0.4, -0.2) is 62.6 Å². The van der Waals surface area contributed by atoms with Gasteiger partial charge in [-0.3, -0.25) is 9.69 Å². The number of hydrogen-bond donors (Lipinski definition) is 1. The van der Waals surface area contributed by atoms with Crippen LogP contribution >= 0.6 is 0 Å². The number of likely N-dealkylation sites (N-methyl/N-ethyl adjacent to an activating group) is 1. The number of nitrogens with one attached hydrogen (secondary N) is 1. The Bertz CT molecular complexity index is 810. The minimum absolute atomic E-state index is 0.0617. The number of carbonyl (C=O) groups excluding carboxylic acids is 1. The highest BCUT2D eigenvalue weighted by atomic mass is 16.5. The molecule has 1 N–H and O–H groups in total. The second kappa shape index (κ2) is 10.2. The monoisotopic (exact) mass is 393 g/mol. The van der Waals surface area contributed by atoms with Crippen LogP contribution in [0.25, 0.3) is 5.57 Å². The number of amides is 1. The number of allylic oxidation sites excluding steroid dienone is 1. The zero-order chi connectivity index (χ0) is 20.6. The van der Waals surface area contributed by atoms with Gasteiger partial charge in [-0.25, -0.2) is 0 Å². The van der Waals surface area contributed by atoms with E-state index in [-0.39, 0.29) is 11.9 Å². The van der Waals surface area contributed by atoms with E-state index in [9.17, 15) is 4.79 Å². The number of rotatable bonds is 7. The van der Waals surface area contributed by atoms with Gasteiger partial charge in [0.15, 0.2) is 0 Å². The van der Waals surface area contributed by atoms with Crippen LogP contribution in [0.5, 0.6) is 5.75 Å². The molecule has 0 bridgehead atoms. The molecule has 0 spiro atoms. The summed E-state index contributed by atoms with van der Waals surface area (Å²) in [6.45, 7) is 6.66. The molecule has 1 aliphatic heterocycles. The number of piperazine rings is 1. The van der Waals surface area contributed by atoms with Gasteiger partial charge in [-0.2, -0.15) is 0 Å². The predicted octanol–water partition coefficient (Wildman–Crippen LogP) is 3.20. The molecule has 5 nitrogen and oxygen atoms in total. The maximum Gasteiger partial charge on any atom is 0.244 e. The Kier molecular flexibility index (Phi) is 7.44. The number of benzene rings is 2. The van der Waals surface area contributed by atoms with Crippen molar-refractivity contribution in [2.75, 3.05) is 46.9 Å². The second-order valence-corrected chi connectivity index (χ2v) is 7.57. The van der Waals surface area contributed by atoms with Crippen molar-refractivity contribution in [3.8, 4) is 5.75 Å². The highest BCUT2D eigenvalue weighted by Crippen LogP contribution is 2.22. The molecule has 2 aromatic carbocycles. The number of hydrogen-bond acceptors (Lipinski definition) is 4. The van der Waals surface area contributed by atoms with E-state index in [2.05, 4.69) is 46.4 Å². The molecule has 1 unspecified atom stereocenters. The summed E-state index contributed by atoms with van der Waals surface area (Å²) >= 11 is 0. The van der Waals surface area contributed by atoms with E-state index in [1.165, 1.54) is 5.56 Å². The van der Waals surface area contributed by atoms with Gasteiger partial charge in [0.1, 0.15) is 5.75 Å². The van der Waals surface area contributed by atoms with E-state index in [1.807, 2.05) is 37.3 Å². The molecule has 0 aromatic heterocycles. The van der Waals surface area contributed by atoms with Crippen molar-refractivity contribution < 1.29 is 9.53 Å². The second-order valence-electron chi connectivity index (χ2n) is 7.57. The first-order chi connectivity index (χ1) is 14.1. The largest absolute Gasteiger partial charge is 0.497 e. The molecule has 29 heavy (non-hydrogen) atoms. The summed E-state index contributed by atoms with van der Waals surface area (Å²) in [6, 6.07) is 18.4. The molecule has 1 aliphatic rings. The standard InChI is InChI=1S/C24H31N3O2/c1-19(20-9-11-22(29-3)12-10-20)17-24(28)25-18-23(21-7-5-4-6-8-21)27-15-13-26(2)14-16-27/h4-12,17,23H,13-16,18H2,1-3H3,(H,25,28)/b19-17+. The van der Waals surface area contributed by atoms with Crippen LogP contribution in [0.4, 0.5) is 0 Å². The quantitative estimate of drug-likeness (QED) is 0.734. The molecular weight excluding hydrogens is 362 g/mol. The fourth-order valence-electron chi connectivity index (χ4n) is 3.65. The molecule has 1 fully saturated rings. The molecule has 3 rings (SSSR count). The lowest BCUT2D eigenvalue weighted by Gasteiger charge is -2.38. The van der Waals surface area contributed by atoms with Gasteiger partial charge in [0, 0.05) is 38.8 Å². The van der Waals surface area contributed by atoms with Crippen molar-refractivity contribution in [2.45, 2.75) is 13.0 Å². The molecule has 1 atom stereocenters. The van der Waals surface area contributed by atoms with Crippen LogP contribution in [0, 0.1) is 0 Å². The summed E-state index contributed by atoms with van der Waals surface area (Å²) in [7, 11) is 3.80. The zero-order valence-electron chi connectivity index (χ0n) is 17.6. The Balaban J connectivity index is 1.65. The molecule has 0 aliphatic carbocycles. The summed E-state index contributed by atoms with van der Waals surface area (Å²) in [5.41, 5.74) is 3.19. The summed E-state index contributed by atoms with van der Waals surface area (Å²) in [5, 5.41) is 3.12. The number of nitrogens with zero attached hydrogens (tertiary/aromatic N) is 2. The van der Waals surface area contributed by atoms with Crippen molar-refractivity contribution in [2.24, 2.45) is 0 Å². The minimum atomic E-state index is -0.0617. The normalized spacial score (nSPS) is 17.0. The van der Waals surface area contributed by atoms with Crippen molar-refractivity contribution in [3.63, 3.8) is 0 Å². The van der Waals surface area contributed by atoms with Gasteiger partial charge < -0.3 is 15.0 Å². The third-order valence-corrected chi connectivity index (χ3v) is 5.53. The lowest BCUT2D eigenvalue weighted by Crippen LogP contribution is -2.48. The van der Waals surface area contributed by atoms with Crippen LogP contribution in [0.1, 0.15) is 24.1 Å². The molecule has 1 saturated heterocycles. The van der Waals surface area contributed by atoms with Gasteiger partial charge in [-0.1, -0.05) is 42.5 Å². The maximum absolute atomic E-state index is 12.6. The molecule has 1 heterocycles. The van der Waals surface area contributed by atoms with E-state index in [0.717, 1.165) is 43.1 Å². The Morgan fingerprint density at radius 3 is 2.34 bits per heavy atom. The summed E-state index contributed by atoms with van der Waals surface area (Å²) in [5.74, 6) is 0.747. The Morgan fingerprint density at radius 2 is 1.72 bits per heavy atom. The summed E-state index contributed by atoms with van der Waals surface area (Å²) < 4.78 is 5.19. The lowest BCUT2D eigenvalue weighted by molar-refractivity contribution is -0.116. The smallest absolute Gasteiger partial charge is 0.244 e.